The third-order valence-electron chi connectivity index (χ3n) is 8.57. The molecule has 4 aliphatic rings. The molecule has 0 saturated heterocycles. The fourth-order valence-corrected chi connectivity index (χ4v) is 6.66. The fraction of sp³-hybridized carbons (Fsp3) is 0.952. The first-order chi connectivity index (χ1) is 10.1. The lowest BCUT2D eigenvalue weighted by molar-refractivity contribution is -0.128. The van der Waals surface area contributed by atoms with Gasteiger partial charge in [-0.2, -0.15) is 0 Å². The predicted molar refractivity (Wildman–Crippen MR) is 90.4 cm³/mol. The van der Waals surface area contributed by atoms with Crippen molar-refractivity contribution < 1.29 is 4.79 Å². The van der Waals surface area contributed by atoms with E-state index in [1.54, 1.807) is 0 Å². The molecule has 4 aliphatic carbocycles. The Hall–Kier alpha value is -0.330. The van der Waals surface area contributed by atoms with Crippen molar-refractivity contribution in [1.82, 2.24) is 0 Å². The van der Waals surface area contributed by atoms with Crippen molar-refractivity contribution in [2.75, 3.05) is 0 Å². The Kier molecular flexibility index (Phi) is 3.04. The van der Waals surface area contributed by atoms with Gasteiger partial charge in [0.1, 0.15) is 5.78 Å². The predicted octanol–water partition coefficient (Wildman–Crippen LogP) is 5.48. The third kappa shape index (κ3) is 2.21. The van der Waals surface area contributed by atoms with Gasteiger partial charge in [0.15, 0.2) is 0 Å². The minimum absolute atomic E-state index is 0.381. The average Bonchev–Trinajstić information content (AvgIpc) is 3.25. The molecule has 4 saturated carbocycles. The Balaban J connectivity index is 1.44. The summed E-state index contributed by atoms with van der Waals surface area (Å²) in [6.07, 6.45) is 8.78. The van der Waals surface area contributed by atoms with Gasteiger partial charge in [-0.25, -0.2) is 0 Å². The molecule has 0 bridgehead atoms. The molecular formula is C21H34O. The molecule has 4 fully saturated rings. The van der Waals surface area contributed by atoms with Crippen LogP contribution in [0.2, 0.25) is 0 Å². The van der Waals surface area contributed by atoms with Crippen LogP contribution < -0.4 is 0 Å². The van der Waals surface area contributed by atoms with E-state index < -0.39 is 0 Å². The second-order valence-electron chi connectivity index (χ2n) is 10.8. The van der Waals surface area contributed by atoms with Crippen molar-refractivity contribution in [3.63, 3.8) is 0 Å². The highest BCUT2D eigenvalue weighted by Gasteiger charge is 2.61. The maximum atomic E-state index is 13.1. The molecule has 0 aromatic carbocycles. The van der Waals surface area contributed by atoms with Crippen molar-refractivity contribution in [2.24, 2.45) is 45.8 Å². The highest BCUT2D eigenvalue weighted by molar-refractivity contribution is 5.82. The summed E-state index contributed by atoms with van der Waals surface area (Å²) in [4.78, 5) is 13.1. The van der Waals surface area contributed by atoms with Gasteiger partial charge in [0, 0.05) is 12.3 Å². The SMILES string of the molecule is CC1C(C(=O)CC2CC(C)(C)CC3CC23C)CCC2(C)CC12. The van der Waals surface area contributed by atoms with Crippen LogP contribution in [-0.2, 0) is 4.79 Å². The second-order valence-corrected chi connectivity index (χ2v) is 10.8. The molecular weight excluding hydrogens is 268 g/mol. The van der Waals surface area contributed by atoms with Crippen LogP contribution in [0.15, 0.2) is 0 Å². The Morgan fingerprint density at radius 2 is 1.77 bits per heavy atom. The summed E-state index contributed by atoms with van der Waals surface area (Å²) < 4.78 is 0. The van der Waals surface area contributed by atoms with Crippen LogP contribution in [0, 0.1) is 45.8 Å². The largest absolute Gasteiger partial charge is 0.299 e. The van der Waals surface area contributed by atoms with Gasteiger partial charge in [0.25, 0.3) is 0 Å². The lowest BCUT2D eigenvalue weighted by Crippen LogP contribution is -2.35. The van der Waals surface area contributed by atoms with Crippen molar-refractivity contribution in [3.8, 4) is 0 Å². The number of fused-ring (bicyclic) bond motifs is 2. The molecule has 0 heterocycles. The topological polar surface area (TPSA) is 17.1 Å². The molecule has 0 spiro atoms. The van der Waals surface area contributed by atoms with Gasteiger partial charge in [-0.05, 0) is 78.4 Å². The van der Waals surface area contributed by atoms with Gasteiger partial charge in [-0.15, -0.1) is 0 Å². The zero-order chi connectivity index (χ0) is 15.9. The number of rotatable bonds is 3. The van der Waals surface area contributed by atoms with E-state index in [0.717, 1.165) is 18.3 Å². The summed E-state index contributed by atoms with van der Waals surface area (Å²) in [7, 11) is 0. The van der Waals surface area contributed by atoms with Gasteiger partial charge in [-0.3, -0.25) is 4.79 Å². The van der Waals surface area contributed by atoms with Crippen LogP contribution in [-0.4, -0.2) is 5.78 Å². The van der Waals surface area contributed by atoms with Crippen molar-refractivity contribution in [2.45, 2.75) is 79.6 Å². The maximum Gasteiger partial charge on any atom is 0.136 e. The molecule has 4 rings (SSSR count). The maximum absolute atomic E-state index is 13.1. The molecule has 1 heteroatoms. The summed E-state index contributed by atoms with van der Waals surface area (Å²) in [6.45, 7) is 12.1. The van der Waals surface area contributed by atoms with E-state index in [4.69, 9.17) is 0 Å². The molecule has 1 nitrogen and oxygen atoms in total. The number of hydrogen-bond acceptors (Lipinski definition) is 1. The first-order valence-corrected chi connectivity index (χ1v) is 9.67. The Labute approximate surface area is 136 Å². The minimum Gasteiger partial charge on any atom is -0.299 e. The molecule has 0 aromatic rings. The molecule has 0 aliphatic heterocycles. The van der Waals surface area contributed by atoms with Crippen LogP contribution in [0.3, 0.4) is 0 Å². The van der Waals surface area contributed by atoms with Gasteiger partial charge in [0.2, 0.25) is 0 Å². The van der Waals surface area contributed by atoms with E-state index in [0.29, 0.717) is 39.8 Å². The van der Waals surface area contributed by atoms with Crippen LogP contribution >= 0.6 is 0 Å². The van der Waals surface area contributed by atoms with E-state index in [2.05, 4.69) is 34.6 Å². The number of ketones is 1. The first-order valence-electron chi connectivity index (χ1n) is 9.67. The monoisotopic (exact) mass is 302 g/mol. The third-order valence-corrected chi connectivity index (χ3v) is 8.57. The van der Waals surface area contributed by atoms with Crippen molar-refractivity contribution in [3.05, 3.63) is 0 Å². The van der Waals surface area contributed by atoms with E-state index in [1.165, 1.54) is 38.5 Å². The minimum atomic E-state index is 0.381. The van der Waals surface area contributed by atoms with Crippen LogP contribution in [0.1, 0.15) is 79.6 Å². The summed E-state index contributed by atoms with van der Waals surface area (Å²) in [5.41, 5.74) is 1.58. The van der Waals surface area contributed by atoms with E-state index in [1.807, 2.05) is 0 Å². The summed E-state index contributed by atoms with van der Waals surface area (Å²) in [5, 5.41) is 0. The van der Waals surface area contributed by atoms with Crippen molar-refractivity contribution in [1.29, 1.82) is 0 Å². The zero-order valence-electron chi connectivity index (χ0n) is 15.2. The van der Waals surface area contributed by atoms with Gasteiger partial charge >= 0.3 is 0 Å². The van der Waals surface area contributed by atoms with E-state index >= 15 is 0 Å². The molecule has 22 heavy (non-hydrogen) atoms. The Bertz CT molecular complexity index is 506. The van der Waals surface area contributed by atoms with E-state index in [9.17, 15) is 4.79 Å². The van der Waals surface area contributed by atoms with E-state index in [-0.39, 0.29) is 0 Å². The smallest absolute Gasteiger partial charge is 0.136 e. The van der Waals surface area contributed by atoms with Gasteiger partial charge < -0.3 is 0 Å². The molecule has 0 aromatic heterocycles. The molecule has 7 atom stereocenters. The first kappa shape index (κ1) is 15.2. The van der Waals surface area contributed by atoms with Gasteiger partial charge in [0.05, 0.1) is 0 Å². The number of hydrogen-bond donors (Lipinski definition) is 0. The summed E-state index contributed by atoms with van der Waals surface area (Å²) >= 11 is 0. The van der Waals surface area contributed by atoms with Crippen LogP contribution in [0.25, 0.3) is 0 Å². The van der Waals surface area contributed by atoms with Crippen LogP contribution in [0.4, 0.5) is 0 Å². The molecule has 0 amide bonds. The summed E-state index contributed by atoms with van der Waals surface area (Å²) in [6, 6.07) is 0. The van der Waals surface area contributed by atoms with Crippen LogP contribution in [0.5, 0.6) is 0 Å². The summed E-state index contributed by atoms with van der Waals surface area (Å²) in [5.74, 6) is 4.06. The van der Waals surface area contributed by atoms with Gasteiger partial charge in [-0.1, -0.05) is 34.6 Å². The standard InChI is InChI=1S/C21H34O/c1-13-16(6-7-20(4)12-17(13)20)18(22)8-14-9-19(2,3)10-15-11-21(14,15)5/h13-17H,6-12H2,1-5H3. The average molecular weight is 303 g/mol. The highest BCUT2D eigenvalue weighted by atomic mass is 16.1. The Morgan fingerprint density at radius 3 is 2.50 bits per heavy atom. The molecule has 7 unspecified atom stereocenters. The lowest BCUT2D eigenvalue weighted by Gasteiger charge is -2.40. The number of carbonyl (C=O) groups excluding carboxylic acids is 1. The van der Waals surface area contributed by atoms with Crippen molar-refractivity contribution >= 4 is 5.78 Å². The molecule has 124 valence electrons. The zero-order valence-corrected chi connectivity index (χ0v) is 15.2. The number of carbonyl (C=O) groups is 1. The lowest BCUT2D eigenvalue weighted by atomic mass is 9.64. The molecule has 0 N–H and O–H groups in total. The number of Topliss-reactive ketones (excluding diaryl/α,β-unsaturated/α-hetero) is 1. The fourth-order valence-electron chi connectivity index (χ4n) is 6.66. The molecule has 0 radical (unpaired) electrons. The second kappa shape index (κ2) is 4.39. The highest BCUT2D eigenvalue weighted by Crippen LogP contribution is 2.69. The quantitative estimate of drug-likeness (QED) is 0.674. The normalized spacial score (nSPS) is 55.0. The Morgan fingerprint density at radius 1 is 1.05 bits per heavy atom.